The molecule has 2 heterocycles. The van der Waals surface area contributed by atoms with Gasteiger partial charge in [-0.1, -0.05) is 23.7 Å². The van der Waals surface area contributed by atoms with Crippen LogP contribution in [-0.4, -0.2) is 72.4 Å². The minimum atomic E-state index is -5.08. The lowest BCUT2D eigenvalue weighted by Gasteiger charge is -2.33. The van der Waals surface area contributed by atoms with E-state index < -0.39 is 12.1 Å². The molecule has 0 spiro atoms. The summed E-state index contributed by atoms with van der Waals surface area (Å²) in [5.41, 5.74) is 1.25. The van der Waals surface area contributed by atoms with Crippen molar-refractivity contribution in [3.8, 4) is 0 Å². The third kappa shape index (κ3) is 6.08. The van der Waals surface area contributed by atoms with Crippen molar-refractivity contribution in [2.75, 3.05) is 27.2 Å². The van der Waals surface area contributed by atoms with Crippen LogP contribution in [0.4, 0.5) is 13.2 Å². The number of likely N-dealkylation sites (tertiary alicyclic amines) is 1. The van der Waals surface area contributed by atoms with Gasteiger partial charge in [0.2, 0.25) is 5.91 Å². The fraction of sp³-hybridized carbons (Fsp3) is 0.556. The molecular formula is C18H22ClF3N2O4. The third-order valence-corrected chi connectivity index (χ3v) is 4.80. The molecule has 2 aliphatic heterocycles. The smallest absolute Gasteiger partial charge is 0.475 e. The number of halogens is 4. The fourth-order valence-electron chi connectivity index (χ4n) is 3.31. The maximum absolute atomic E-state index is 12.2. The van der Waals surface area contributed by atoms with Crippen LogP contribution in [-0.2, 0) is 20.9 Å². The summed E-state index contributed by atoms with van der Waals surface area (Å²) in [6, 6.07) is 7.96. The van der Waals surface area contributed by atoms with Gasteiger partial charge in [-0.15, -0.1) is 0 Å². The van der Waals surface area contributed by atoms with Gasteiger partial charge in [-0.05, 0) is 24.1 Å². The number of carboxylic acids is 1. The Morgan fingerprint density at radius 1 is 1.25 bits per heavy atom. The van der Waals surface area contributed by atoms with E-state index in [1.54, 1.807) is 4.90 Å². The van der Waals surface area contributed by atoms with Crippen LogP contribution < -0.4 is 0 Å². The van der Waals surface area contributed by atoms with Crippen LogP contribution in [0.2, 0.25) is 5.02 Å². The summed E-state index contributed by atoms with van der Waals surface area (Å²) in [6.45, 7) is 2.61. The Morgan fingerprint density at radius 2 is 1.82 bits per heavy atom. The van der Waals surface area contributed by atoms with Gasteiger partial charge in [0.15, 0.2) is 0 Å². The van der Waals surface area contributed by atoms with Gasteiger partial charge in [-0.3, -0.25) is 9.69 Å². The standard InChI is InChI=1S/C16H21ClN2O2.C2HF3O2/c1-18(2)16(20)14-7-13-9-19(10-15(14)21-13)8-11-3-5-12(17)6-4-11;3-2(4,5)1(6)7/h3-6,13-15H,7-10H2,1-2H3;(H,6,7)/t13-,14+,15-;/m1./s1. The number of hydrogen-bond acceptors (Lipinski definition) is 4. The molecule has 2 aliphatic rings. The van der Waals surface area contributed by atoms with Crippen molar-refractivity contribution in [1.82, 2.24) is 9.80 Å². The molecule has 0 aromatic heterocycles. The van der Waals surface area contributed by atoms with Crippen LogP contribution in [0, 0.1) is 5.92 Å². The summed E-state index contributed by atoms with van der Waals surface area (Å²) in [7, 11) is 3.63. The lowest BCUT2D eigenvalue weighted by atomic mass is 9.99. The van der Waals surface area contributed by atoms with Gasteiger partial charge in [0.05, 0.1) is 18.1 Å². The highest BCUT2D eigenvalue weighted by Gasteiger charge is 2.45. The molecule has 0 aliphatic carbocycles. The van der Waals surface area contributed by atoms with Crippen LogP contribution in [0.1, 0.15) is 12.0 Å². The highest BCUT2D eigenvalue weighted by molar-refractivity contribution is 6.30. The number of ether oxygens (including phenoxy) is 1. The Bertz CT molecular complexity index is 697. The Labute approximate surface area is 165 Å². The minimum absolute atomic E-state index is 0.0141. The molecule has 2 fully saturated rings. The SMILES string of the molecule is CN(C)C(=O)[C@H]1C[C@@H]2CN(Cc3ccc(Cl)cc3)C[C@H]1O2.O=C(O)C(F)(F)F. The van der Waals surface area contributed by atoms with Crippen LogP contribution in [0.3, 0.4) is 0 Å². The zero-order chi connectivity index (χ0) is 21.1. The number of benzene rings is 1. The van der Waals surface area contributed by atoms with Gasteiger partial charge >= 0.3 is 12.1 Å². The van der Waals surface area contributed by atoms with Crippen molar-refractivity contribution in [3.63, 3.8) is 0 Å². The number of carbonyl (C=O) groups excluding carboxylic acids is 1. The first kappa shape index (κ1) is 22.4. The van der Waals surface area contributed by atoms with E-state index in [1.807, 2.05) is 26.2 Å². The van der Waals surface area contributed by atoms with Gasteiger partial charge in [-0.25, -0.2) is 4.79 Å². The molecule has 0 saturated carbocycles. The number of rotatable bonds is 3. The Hall–Kier alpha value is -1.84. The second-order valence-electron chi connectivity index (χ2n) is 6.99. The number of alkyl halides is 3. The third-order valence-electron chi connectivity index (χ3n) is 4.55. The van der Waals surface area contributed by atoms with Gasteiger partial charge in [0.25, 0.3) is 0 Å². The van der Waals surface area contributed by atoms with E-state index >= 15 is 0 Å². The van der Waals surface area contributed by atoms with E-state index in [0.29, 0.717) is 0 Å². The van der Waals surface area contributed by atoms with Crippen molar-refractivity contribution in [2.24, 2.45) is 5.92 Å². The van der Waals surface area contributed by atoms with Crippen molar-refractivity contribution in [2.45, 2.75) is 31.3 Å². The normalized spacial score (nSPS) is 24.3. The largest absolute Gasteiger partial charge is 0.490 e. The second-order valence-corrected chi connectivity index (χ2v) is 7.43. The van der Waals surface area contributed by atoms with Crippen LogP contribution in [0.5, 0.6) is 0 Å². The zero-order valence-electron chi connectivity index (χ0n) is 15.4. The molecule has 2 bridgehead atoms. The number of amides is 1. The predicted octanol–water partition coefficient (Wildman–Crippen LogP) is 2.65. The Kier molecular flexibility index (Phi) is 7.30. The highest BCUT2D eigenvalue weighted by Crippen LogP contribution is 2.33. The van der Waals surface area contributed by atoms with Gasteiger partial charge in [0, 0.05) is 38.8 Å². The molecule has 156 valence electrons. The quantitative estimate of drug-likeness (QED) is 0.811. The Morgan fingerprint density at radius 3 is 2.32 bits per heavy atom. The molecule has 1 amide bonds. The number of carbonyl (C=O) groups is 2. The van der Waals surface area contributed by atoms with Crippen LogP contribution >= 0.6 is 11.6 Å². The number of hydrogen-bond donors (Lipinski definition) is 1. The molecule has 2 saturated heterocycles. The van der Waals surface area contributed by atoms with E-state index in [2.05, 4.69) is 17.0 Å². The molecule has 0 unspecified atom stereocenters. The summed E-state index contributed by atoms with van der Waals surface area (Å²) in [6.07, 6.45) is -4.02. The van der Waals surface area contributed by atoms with Crippen LogP contribution in [0.15, 0.2) is 24.3 Å². The number of fused-ring (bicyclic) bond motifs is 2. The minimum Gasteiger partial charge on any atom is -0.475 e. The summed E-state index contributed by atoms with van der Waals surface area (Å²) in [4.78, 5) is 25.2. The monoisotopic (exact) mass is 422 g/mol. The number of morpholine rings is 1. The fourth-order valence-corrected chi connectivity index (χ4v) is 3.43. The number of carboxylic acid groups (broad SMARTS) is 1. The molecule has 28 heavy (non-hydrogen) atoms. The molecule has 3 atom stereocenters. The van der Waals surface area contributed by atoms with Crippen molar-refractivity contribution >= 4 is 23.5 Å². The zero-order valence-corrected chi connectivity index (χ0v) is 16.2. The van der Waals surface area contributed by atoms with E-state index in [-0.39, 0.29) is 24.0 Å². The first-order valence-electron chi connectivity index (χ1n) is 8.61. The maximum Gasteiger partial charge on any atom is 0.490 e. The van der Waals surface area contributed by atoms with Crippen molar-refractivity contribution in [3.05, 3.63) is 34.9 Å². The first-order valence-corrected chi connectivity index (χ1v) is 8.98. The topological polar surface area (TPSA) is 70.1 Å². The summed E-state index contributed by atoms with van der Waals surface area (Å²) in [5, 5.41) is 7.89. The molecule has 10 heteroatoms. The molecular weight excluding hydrogens is 401 g/mol. The van der Waals surface area contributed by atoms with E-state index in [9.17, 15) is 18.0 Å². The summed E-state index contributed by atoms with van der Waals surface area (Å²) < 4.78 is 37.7. The lowest BCUT2D eigenvalue weighted by molar-refractivity contribution is -0.192. The molecule has 1 N–H and O–H groups in total. The van der Waals surface area contributed by atoms with Crippen LogP contribution in [0.25, 0.3) is 0 Å². The maximum atomic E-state index is 12.2. The molecule has 1 aromatic carbocycles. The second kappa shape index (κ2) is 9.11. The van der Waals surface area contributed by atoms with Crippen molar-refractivity contribution < 1.29 is 32.6 Å². The number of aliphatic carboxylic acids is 1. The highest BCUT2D eigenvalue weighted by atomic mass is 35.5. The van der Waals surface area contributed by atoms with Gasteiger partial charge in [-0.2, -0.15) is 13.2 Å². The average molecular weight is 423 g/mol. The summed E-state index contributed by atoms with van der Waals surface area (Å²) in [5.74, 6) is -2.55. The Balaban J connectivity index is 0.000000345. The molecule has 6 nitrogen and oxygen atoms in total. The average Bonchev–Trinajstić information content (AvgIpc) is 2.90. The van der Waals surface area contributed by atoms with Gasteiger partial charge in [0.1, 0.15) is 0 Å². The van der Waals surface area contributed by atoms with E-state index in [1.165, 1.54) is 5.56 Å². The molecule has 0 radical (unpaired) electrons. The van der Waals surface area contributed by atoms with E-state index in [4.69, 9.17) is 26.2 Å². The van der Waals surface area contributed by atoms with E-state index in [0.717, 1.165) is 31.1 Å². The van der Waals surface area contributed by atoms with Crippen molar-refractivity contribution in [1.29, 1.82) is 0 Å². The lowest BCUT2D eigenvalue weighted by Crippen LogP contribution is -2.44. The molecule has 1 aromatic rings. The predicted molar refractivity (Wildman–Crippen MR) is 95.9 cm³/mol. The van der Waals surface area contributed by atoms with Gasteiger partial charge < -0.3 is 14.7 Å². The molecule has 3 rings (SSSR count). The summed E-state index contributed by atoms with van der Waals surface area (Å²) >= 11 is 5.92. The number of nitrogens with zero attached hydrogens (tertiary/aromatic N) is 2. The first-order chi connectivity index (χ1) is 13.0.